The number of rotatable bonds is 21. The molecule has 0 fully saturated rings. The Bertz CT molecular complexity index is 409. The molecule has 0 atom stereocenters. The Kier molecular flexibility index (Phi) is 30.6. The third kappa shape index (κ3) is 25.6. The van der Waals surface area contributed by atoms with Crippen LogP contribution in [0.5, 0.6) is 0 Å². The van der Waals surface area contributed by atoms with Gasteiger partial charge in [-0.2, -0.15) is 0 Å². The first kappa shape index (κ1) is 36.7. The van der Waals surface area contributed by atoms with E-state index in [0.717, 1.165) is 38.5 Å². The number of hydrogen-bond acceptors (Lipinski definition) is 3. The molecule has 31 heavy (non-hydrogen) atoms. The molecule has 6 heteroatoms. The van der Waals surface area contributed by atoms with E-state index in [1.807, 2.05) is 6.92 Å². The van der Waals surface area contributed by atoms with Crippen molar-refractivity contribution in [3.05, 3.63) is 0 Å². The zero-order chi connectivity index (χ0) is 21.8. The SMILES string of the molecule is CCCCCCCCCCC(C)(CCCCCCCCCC)OC(=O)CC(=O)O.[H-].[H-].[K+].[Li+]. The number of hydrogen-bond donors (Lipinski definition) is 1. The molecule has 0 aromatic heterocycles. The van der Waals surface area contributed by atoms with Crippen LogP contribution in [0.4, 0.5) is 0 Å². The molecule has 0 saturated heterocycles. The first-order valence-electron chi connectivity index (χ1n) is 12.4. The van der Waals surface area contributed by atoms with E-state index in [2.05, 4.69) is 13.8 Å². The van der Waals surface area contributed by atoms with Crippen LogP contribution in [-0.2, 0) is 14.3 Å². The summed E-state index contributed by atoms with van der Waals surface area (Å²) in [6.07, 6.45) is 21.1. The fourth-order valence-corrected chi connectivity index (χ4v) is 3.93. The van der Waals surface area contributed by atoms with Gasteiger partial charge in [-0.15, -0.1) is 0 Å². The summed E-state index contributed by atoms with van der Waals surface area (Å²) < 4.78 is 5.65. The van der Waals surface area contributed by atoms with Crippen molar-refractivity contribution in [2.75, 3.05) is 0 Å². The van der Waals surface area contributed by atoms with Gasteiger partial charge in [-0.25, -0.2) is 0 Å². The Hall–Kier alpha value is 1.17. The molecular formula is C25H50KLiO4. The minimum atomic E-state index is -1.11. The van der Waals surface area contributed by atoms with Gasteiger partial charge in [0.05, 0.1) is 0 Å². The van der Waals surface area contributed by atoms with Gasteiger partial charge in [-0.05, 0) is 32.6 Å². The van der Waals surface area contributed by atoms with Gasteiger partial charge in [0.25, 0.3) is 0 Å². The molecule has 0 rings (SSSR count). The first-order chi connectivity index (χ1) is 13.9. The van der Waals surface area contributed by atoms with E-state index < -0.39 is 24.0 Å². The van der Waals surface area contributed by atoms with Crippen molar-refractivity contribution in [2.24, 2.45) is 0 Å². The number of carboxylic acids is 1. The largest absolute Gasteiger partial charge is 1.00 e. The van der Waals surface area contributed by atoms with Gasteiger partial charge in [-0.3, -0.25) is 9.59 Å². The van der Waals surface area contributed by atoms with Crippen molar-refractivity contribution in [1.29, 1.82) is 0 Å². The molecular weight excluding hydrogens is 410 g/mol. The molecule has 0 radical (unpaired) electrons. The summed E-state index contributed by atoms with van der Waals surface area (Å²) in [6.45, 7) is 6.47. The quantitative estimate of drug-likeness (QED) is 0.123. The maximum absolute atomic E-state index is 11.9. The Morgan fingerprint density at radius 2 is 1.03 bits per heavy atom. The minimum Gasteiger partial charge on any atom is -1.00 e. The number of aliphatic carboxylic acids is 1. The van der Waals surface area contributed by atoms with Crippen LogP contribution in [0.1, 0.15) is 146 Å². The third-order valence-corrected chi connectivity index (χ3v) is 5.77. The fraction of sp³-hybridized carbons (Fsp3) is 0.920. The van der Waals surface area contributed by atoms with Crippen LogP contribution in [0.3, 0.4) is 0 Å². The molecule has 0 spiro atoms. The Morgan fingerprint density at radius 1 is 0.710 bits per heavy atom. The van der Waals surface area contributed by atoms with E-state index in [9.17, 15) is 9.59 Å². The van der Waals surface area contributed by atoms with E-state index in [0.29, 0.717) is 0 Å². The second-order valence-electron chi connectivity index (χ2n) is 8.94. The van der Waals surface area contributed by atoms with Crippen molar-refractivity contribution < 1.29 is 92.5 Å². The van der Waals surface area contributed by atoms with Crippen LogP contribution in [0.15, 0.2) is 0 Å². The molecule has 0 amide bonds. The fourth-order valence-electron chi connectivity index (χ4n) is 3.93. The number of carboxylic acid groups (broad SMARTS) is 1. The molecule has 176 valence electrons. The second kappa shape index (κ2) is 25.8. The van der Waals surface area contributed by atoms with Crippen LogP contribution in [-0.4, -0.2) is 22.6 Å². The van der Waals surface area contributed by atoms with Crippen LogP contribution >= 0.6 is 0 Å². The van der Waals surface area contributed by atoms with E-state index in [1.165, 1.54) is 77.0 Å². The zero-order valence-electron chi connectivity index (χ0n) is 23.6. The average Bonchev–Trinajstić information content (AvgIpc) is 2.65. The molecule has 0 heterocycles. The Morgan fingerprint density at radius 3 is 1.35 bits per heavy atom. The molecule has 0 aliphatic carbocycles. The predicted octanol–water partition coefficient (Wildman–Crippen LogP) is 2.06. The molecule has 1 N–H and O–H groups in total. The van der Waals surface area contributed by atoms with Crippen molar-refractivity contribution >= 4 is 11.9 Å². The zero-order valence-corrected chi connectivity index (χ0v) is 24.7. The summed E-state index contributed by atoms with van der Waals surface area (Å²) >= 11 is 0. The smallest absolute Gasteiger partial charge is 1.00 e. The summed E-state index contributed by atoms with van der Waals surface area (Å²) in [5.74, 6) is -1.71. The van der Waals surface area contributed by atoms with Gasteiger partial charge in [-0.1, -0.05) is 104 Å². The maximum atomic E-state index is 11.9. The number of unbranched alkanes of at least 4 members (excludes halogenated alkanes) is 14. The molecule has 0 aliphatic rings. The van der Waals surface area contributed by atoms with Crippen LogP contribution in [0.25, 0.3) is 0 Å². The van der Waals surface area contributed by atoms with Gasteiger partial charge in [0.15, 0.2) is 0 Å². The standard InChI is InChI=1S/C25H48O4.K.Li.2H/c1-4-6-8-10-12-14-16-18-20-25(3,29-24(28)22-23(26)27)21-19-17-15-13-11-9-7-5-2;;;;/h4-22H2,1-3H3,(H,26,27);;;;/q;2*+1;2*-1. The first-order valence-corrected chi connectivity index (χ1v) is 12.4. The van der Waals surface area contributed by atoms with E-state index in [1.54, 1.807) is 0 Å². The van der Waals surface area contributed by atoms with Gasteiger partial charge >= 0.3 is 82.2 Å². The minimum absolute atomic E-state index is 0. The van der Waals surface area contributed by atoms with Crippen LogP contribution in [0, 0.1) is 0 Å². The van der Waals surface area contributed by atoms with E-state index in [4.69, 9.17) is 9.84 Å². The summed E-state index contributed by atoms with van der Waals surface area (Å²) in [6, 6.07) is 0. The molecule has 0 bridgehead atoms. The number of esters is 1. The van der Waals surface area contributed by atoms with Gasteiger partial charge in [0.1, 0.15) is 12.0 Å². The van der Waals surface area contributed by atoms with Crippen LogP contribution in [0.2, 0.25) is 0 Å². The summed E-state index contributed by atoms with van der Waals surface area (Å²) in [7, 11) is 0. The van der Waals surface area contributed by atoms with E-state index in [-0.39, 0.29) is 73.1 Å². The van der Waals surface area contributed by atoms with Crippen LogP contribution < -0.4 is 70.2 Å². The summed E-state index contributed by atoms with van der Waals surface area (Å²) in [4.78, 5) is 22.7. The number of carbonyl (C=O) groups is 2. The third-order valence-electron chi connectivity index (χ3n) is 5.77. The molecule has 0 aromatic rings. The van der Waals surface area contributed by atoms with E-state index >= 15 is 0 Å². The van der Waals surface area contributed by atoms with Gasteiger partial charge in [0.2, 0.25) is 0 Å². The molecule has 4 nitrogen and oxygen atoms in total. The predicted molar refractivity (Wildman–Crippen MR) is 123 cm³/mol. The van der Waals surface area contributed by atoms with Gasteiger partial charge < -0.3 is 12.7 Å². The monoisotopic (exact) mass is 460 g/mol. The second-order valence-corrected chi connectivity index (χ2v) is 8.94. The number of carbonyl (C=O) groups excluding carboxylic acids is 1. The molecule has 0 saturated carbocycles. The normalized spacial score (nSPS) is 10.8. The Labute approximate surface area is 250 Å². The molecule has 0 aliphatic heterocycles. The van der Waals surface area contributed by atoms with Crippen molar-refractivity contribution in [3.63, 3.8) is 0 Å². The van der Waals surface area contributed by atoms with Crippen molar-refractivity contribution in [3.8, 4) is 0 Å². The van der Waals surface area contributed by atoms with Gasteiger partial charge in [0, 0.05) is 0 Å². The molecule has 0 aromatic carbocycles. The van der Waals surface area contributed by atoms with Crippen molar-refractivity contribution in [1.82, 2.24) is 0 Å². The summed E-state index contributed by atoms with van der Waals surface area (Å²) in [5.41, 5.74) is -0.517. The van der Waals surface area contributed by atoms with Crippen molar-refractivity contribution in [2.45, 2.75) is 148 Å². The molecule has 0 unspecified atom stereocenters. The number of ether oxygens (including phenoxy) is 1. The summed E-state index contributed by atoms with van der Waals surface area (Å²) in [5, 5.41) is 8.85. The maximum Gasteiger partial charge on any atom is 1.00 e. The topological polar surface area (TPSA) is 63.6 Å². The average molecular weight is 461 g/mol. The Balaban J connectivity index is -0.000000653.